The third-order valence-corrected chi connectivity index (χ3v) is 4.47. The van der Waals surface area contributed by atoms with E-state index in [1.54, 1.807) is 0 Å². The van der Waals surface area contributed by atoms with E-state index in [0.717, 1.165) is 10.9 Å². The fourth-order valence-electron chi connectivity index (χ4n) is 3.04. The monoisotopic (exact) mass is 251 g/mol. The average Bonchev–Trinajstić information content (AvgIpc) is 2.29. The van der Waals surface area contributed by atoms with Gasteiger partial charge < -0.3 is 5.73 Å². The molecule has 2 heteroatoms. The summed E-state index contributed by atoms with van der Waals surface area (Å²) >= 11 is 6.06. The highest BCUT2D eigenvalue weighted by molar-refractivity contribution is 6.30. The van der Waals surface area contributed by atoms with Gasteiger partial charge >= 0.3 is 0 Å². The molecule has 0 bridgehead atoms. The predicted octanol–water partition coefficient (Wildman–Crippen LogP) is 4.34. The van der Waals surface area contributed by atoms with Gasteiger partial charge in [-0.25, -0.2) is 0 Å². The van der Waals surface area contributed by atoms with Gasteiger partial charge in [0.2, 0.25) is 0 Å². The number of benzene rings is 1. The van der Waals surface area contributed by atoms with E-state index in [1.165, 1.54) is 31.2 Å². The van der Waals surface area contributed by atoms with Crippen molar-refractivity contribution in [2.45, 2.75) is 45.1 Å². The van der Waals surface area contributed by atoms with Crippen LogP contribution in [0.4, 0.5) is 0 Å². The summed E-state index contributed by atoms with van der Waals surface area (Å²) in [6.45, 7) is 4.49. The number of rotatable bonds is 2. The Labute approximate surface area is 109 Å². The average molecular weight is 252 g/mol. The van der Waals surface area contributed by atoms with Gasteiger partial charge in [0.1, 0.15) is 0 Å². The summed E-state index contributed by atoms with van der Waals surface area (Å²) in [7, 11) is 0. The number of hydrogen-bond donors (Lipinski definition) is 1. The predicted molar refractivity (Wildman–Crippen MR) is 74.1 cm³/mol. The topological polar surface area (TPSA) is 26.0 Å². The third-order valence-electron chi connectivity index (χ3n) is 4.23. The molecule has 1 aliphatic rings. The largest absolute Gasteiger partial charge is 0.321 e. The van der Waals surface area contributed by atoms with Crippen molar-refractivity contribution < 1.29 is 0 Å². The highest BCUT2D eigenvalue weighted by atomic mass is 35.5. The smallest absolute Gasteiger partial charge is 0.0410 e. The van der Waals surface area contributed by atoms with Crippen molar-refractivity contribution in [1.29, 1.82) is 0 Å². The van der Waals surface area contributed by atoms with Gasteiger partial charge in [0, 0.05) is 10.6 Å². The summed E-state index contributed by atoms with van der Waals surface area (Å²) in [5.41, 5.74) is 7.51. The molecule has 0 aromatic heterocycles. The summed E-state index contributed by atoms with van der Waals surface area (Å²) in [4.78, 5) is 0. The molecule has 2 rings (SSSR count). The van der Waals surface area contributed by atoms with E-state index >= 15 is 0 Å². The molecule has 94 valence electrons. The lowest BCUT2D eigenvalue weighted by atomic mass is 9.70. The van der Waals surface area contributed by atoms with Crippen molar-refractivity contribution in [3.05, 3.63) is 34.9 Å². The molecule has 3 unspecified atom stereocenters. The van der Waals surface area contributed by atoms with Gasteiger partial charge in [0.15, 0.2) is 0 Å². The second-order valence-electron chi connectivity index (χ2n) is 5.76. The zero-order valence-corrected chi connectivity index (χ0v) is 11.5. The molecule has 1 aliphatic carbocycles. The minimum absolute atomic E-state index is 0.250. The Morgan fingerprint density at radius 3 is 2.76 bits per heavy atom. The first kappa shape index (κ1) is 12.9. The fourth-order valence-corrected chi connectivity index (χ4v) is 3.23. The molecule has 1 aromatic rings. The van der Waals surface area contributed by atoms with Crippen LogP contribution < -0.4 is 5.73 Å². The van der Waals surface area contributed by atoms with Crippen molar-refractivity contribution >= 4 is 11.6 Å². The maximum Gasteiger partial charge on any atom is 0.0410 e. The number of hydrogen-bond acceptors (Lipinski definition) is 1. The van der Waals surface area contributed by atoms with Crippen molar-refractivity contribution in [2.24, 2.45) is 17.6 Å². The quantitative estimate of drug-likeness (QED) is 0.831. The summed E-state index contributed by atoms with van der Waals surface area (Å²) in [6, 6.07) is 8.02. The molecule has 0 amide bonds. The number of nitrogens with two attached hydrogens (primary N) is 1. The van der Waals surface area contributed by atoms with Gasteiger partial charge in [0.25, 0.3) is 0 Å². The van der Waals surface area contributed by atoms with Crippen LogP contribution in [0, 0.1) is 11.8 Å². The van der Waals surface area contributed by atoms with Crippen molar-refractivity contribution in [2.75, 3.05) is 0 Å². The number of halogens is 1. The van der Waals surface area contributed by atoms with E-state index in [2.05, 4.69) is 19.9 Å². The van der Waals surface area contributed by atoms with E-state index in [0.29, 0.717) is 5.92 Å². The second-order valence-corrected chi connectivity index (χ2v) is 6.20. The first-order valence-electron chi connectivity index (χ1n) is 6.55. The molecular formula is C15H22ClN. The minimum Gasteiger partial charge on any atom is -0.321 e. The highest BCUT2D eigenvalue weighted by Gasteiger charge is 2.34. The molecule has 3 atom stereocenters. The fraction of sp³-hybridized carbons (Fsp3) is 0.600. The van der Waals surface area contributed by atoms with Crippen molar-refractivity contribution in [1.82, 2.24) is 0 Å². The Morgan fingerprint density at radius 1 is 1.35 bits per heavy atom. The van der Waals surface area contributed by atoms with Gasteiger partial charge in [-0.3, -0.25) is 0 Å². The zero-order valence-electron chi connectivity index (χ0n) is 10.7. The lowest BCUT2D eigenvalue weighted by Crippen LogP contribution is -2.43. The second kappa shape index (κ2) is 4.99. The Hall–Kier alpha value is -0.530. The Bertz CT molecular complexity index is 386. The van der Waals surface area contributed by atoms with Crippen LogP contribution in [0.2, 0.25) is 5.02 Å². The molecule has 1 nitrogen and oxygen atoms in total. The van der Waals surface area contributed by atoms with E-state index in [-0.39, 0.29) is 5.54 Å². The lowest BCUT2D eigenvalue weighted by molar-refractivity contribution is 0.185. The summed E-state index contributed by atoms with van der Waals surface area (Å²) in [6.07, 6.45) is 5.13. The van der Waals surface area contributed by atoms with E-state index in [4.69, 9.17) is 17.3 Å². The van der Waals surface area contributed by atoms with Crippen LogP contribution in [-0.4, -0.2) is 0 Å². The Morgan fingerprint density at radius 2 is 2.12 bits per heavy atom. The van der Waals surface area contributed by atoms with Crippen LogP contribution in [0.15, 0.2) is 24.3 Å². The minimum atomic E-state index is -0.250. The van der Waals surface area contributed by atoms with Crippen molar-refractivity contribution in [3.63, 3.8) is 0 Å². The molecule has 1 saturated carbocycles. The van der Waals surface area contributed by atoms with Crippen LogP contribution in [0.5, 0.6) is 0 Å². The van der Waals surface area contributed by atoms with Gasteiger partial charge in [-0.2, -0.15) is 0 Å². The summed E-state index contributed by atoms with van der Waals surface area (Å²) < 4.78 is 0. The Kier molecular flexibility index (Phi) is 3.79. The van der Waals surface area contributed by atoms with E-state index in [1.807, 2.05) is 18.2 Å². The Balaban J connectivity index is 2.22. The van der Waals surface area contributed by atoms with Crippen LogP contribution in [0.1, 0.15) is 45.1 Å². The molecule has 1 aromatic carbocycles. The SMILES string of the molecule is CC1CCCC(C(C)(N)c2cccc(Cl)c2)C1. The van der Waals surface area contributed by atoms with Gasteiger partial charge in [-0.1, -0.05) is 43.5 Å². The van der Waals surface area contributed by atoms with Gasteiger partial charge in [-0.05, 0) is 49.3 Å². The van der Waals surface area contributed by atoms with E-state index < -0.39 is 0 Å². The summed E-state index contributed by atoms with van der Waals surface area (Å²) in [5.74, 6) is 1.38. The third kappa shape index (κ3) is 2.83. The molecule has 0 radical (unpaired) electrons. The van der Waals surface area contributed by atoms with E-state index in [9.17, 15) is 0 Å². The molecule has 0 spiro atoms. The van der Waals surface area contributed by atoms with Crippen LogP contribution in [-0.2, 0) is 5.54 Å². The molecule has 0 saturated heterocycles. The molecule has 0 aliphatic heterocycles. The molecule has 0 heterocycles. The summed E-state index contributed by atoms with van der Waals surface area (Å²) in [5, 5.41) is 0.781. The van der Waals surface area contributed by atoms with Crippen molar-refractivity contribution in [3.8, 4) is 0 Å². The van der Waals surface area contributed by atoms with Crippen LogP contribution in [0.25, 0.3) is 0 Å². The standard InChI is InChI=1S/C15H22ClN/c1-11-5-3-6-12(9-11)15(2,17)13-7-4-8-14(16)10-13/h4,7-8,10-12H,3,5-6,9,17H2,1-2H3. The van der Waals surface area contributed by atoms with Crippen LogP contribution >= 0.6 is 11.6 Å². The normalized spacial score (nSPS) is 28.7. The molecule has 2 N–H and O–H groups in total. The first-order valence-corrected chi connectivity index (χ1v) is 6.93. The van der Waals surface area contributed by atoms with Crippen LogP contribution in [0.3, 0.4) is 0 Å². The lowest BCUT2D eigenvalue weighted by Gasteiger charge is -2.39. The maximum absolute atomic E-state index is 6.59. The molecule has 1 fully saturated rings. The van der Waals surface area contributed by atoms with Gasteiger partial charge in [0.05, 0.1) is 0 Å². The molecule has 17 heavy (non-hydrogen) atoms. The zero-order chi connectivity index (χ0) is 12.5. The first-order chi connectivity index (χ1) is 8.00. The highest BCUT2D eigenvalue weighted by Crippen LogP contribution is 2.39. The maximum atomic E-state index is 6.59. The molecular weight excluding hydrogens is 230 g/mol. The van der Waals surface area contributed by atoms with Gasteiger partial charge in [-0.15, -0.1) is 0 Å².